The van der Waals surface area contributed by atoms with Gasteiger partial charge in [-0.3, -0.25) is 9.48 Å². The molecule has 1 aromatic carbocycles. The Balaban J connectivity index is 2.09. The van der Waals surface area contributed by atoms with Gasteiger partial charge in [-0.15, -0.1) is 0 Å². The average Bonchev–Trinajstić information content (AvgIpc) is 2.86. The number of hydrogen-bond acceptors (Lipinski definition) is 5. The first-order valence-corrected chi connectivity index (χ1v) is 8.74. The molecule has 2 aromatic rings. The molecule has 0 N–H and O–H groups in total. The summed E-state index contributed by atoms with van der Waals surface area (Å²) in [5.74, 6) is -2.81. The number of halogens is 2. The number of hydrogen-bond donors (Lipinski definition) is 0. The molecule has 0 radical (unpaired) electrons. The zero-order valence-corrected chi connectivity index (χ0v) is 14.6. The van der Waals surface area contributed by atoms with Gasteiger partial charge in [-0.1, -0.05) is 0 Å². The van der Waals surface area contributed by atoms with E-state index in [9.17, 15) is 18.4 Å². The summed E-state index contributed by atoms with van der Waals surface area (Å²) >= 11 is 0.890. The number of ether oxygens (including phenoxy) is 1. The minimum absolute atomic E-state index is 0.180. The Morgan fingerprint density at radius 1 is 1.20 bits per heavy atom. The standard InChI is InChI=1S/C16H17F2N3O3S/c1-9(2)24-14(22)10-7-13(12(18)8-11(10)17)19-15-20-5-3-4-6-21(20)16(23)25-15/h7-9H,3-6H2,1-2H3/b19-15+. The predicted molar refractivity (Wildman–Crippen MR) is 87.9 cm³/mol. The van der Waals surface area contributed by atoms with E-state index >= 15 is 0 Å². The first kappa shape index (κ1) is 17.5. The Kier molecular flexibility index (Phi) is 4.85. The van der Waals surface area contributed by atoms with Gasteiger partial charge >= 0.3 is 10.8 Å². The summed E-state index contributed by atoms with van der Waals surface area (Å²) in [5.41, 5.74) is -0.598. The third-order valence-electron chi connectivity index (χ3n) is 3.71. The van der Waals surface area contributed by atoms with E-state index in [1.165, 1.54) is 0 Å². The van der Waals surface area contributed by atoms with Gasteiger partial charge in [0.1, 0.15) is 11.5 Å². The van der Waals surface area contributed by atoms with E-state index in [1.54, 1.807) is 23.2 Å². The molecule has 0 saturated carbocycles. The molecule has 1 aliphatic rings. The van der Waals surface area contributed by atoms with Crippen molar-refractivity contribution in [3.63, 3.8) is 0 Å². The van der Waals surface area contributed by atoms with Crippen molar-refractivity contribution in [2.24, 2.45) is 4.99 Å². The zero-order valence-electron chi connectivity index (χ0n) is 13.8. The van der Waals surface area contributed by atoms with Crippen LogP contribution in [-0.4, -0.2) is 21.4 Å². The lowest BCUT2D eigenvalue weighted by Gasteiger charge is -2.15. The normalized spacial score (nSPS) is 14.7. The summed E-state index contributed by atoms with van der Waals surface area (Å²) in [6, 6.07) is 1.62. The van der Waals surface area contributed by atoms with Crippen LogP contribution >= 0.6 is 11.3 Å². The lowest BCUT2D eigenvalue weighted by atomic mass is 10.2. The molecular weight excluding hydrogens is 352 g/mol. The molecule has 0 fully saturated rings. The number of esters is 1. The second kappa shape index (κ2) is 6.91. The fraction of sp³-hybridized carbons (Fsp3) is 0.438. The van der Waals surface area contributed by atoms with Crippen LogP contribution in [-0.2, 0) is 17.8 Å². The Bertz CT molecular complexity index is 943. The first-order chi connectivity index (χ1) is 11.9. The molecular formula is C16H17F2N3O3S. The second-order valence-electron chi connectivity index (χ2n) is 5.95. The van der Waals surface area contributed by atoms with Gasteiger partial charge in [0.2, 0.25) is 4.80 Å². The third-order valence-corrected chi connectivity index (χ3v) is 4.58. The average molecular weight is 369 g/mol. The molecule has 3 rings (SSSR count). The van der Waals surface area contributed by atoms with E-state index in [0.29, 0.717) is 24.0 Å². The van der Waals surface area contributed by atoms with Crippen LogP contribution in [0.5, 0.6) is 0 Å². The predicted octanol–water partition coefficient (Wildman–Crippen LogP) is 2.58. The number of nitrogens with zero attached hydrogens (tertiary/aromatic N) is 3. The number of benzene rings is 1. The molecule has 0 aliphatic carbocycles. The number of rotatable bonds is 3. The number of carbonyl (C=O) groups excluding carboxylic acids is 1. The van der Waals surface area contributed by atoms with Crippen molar-refractivity contribution in [1.82, 2.24) is 9.36 Å². The Labute approximate surface area is 146 Å². The van der Waals surface area contributed by atoms with Gasteiger partial charge in [-0.2, -0.15) is 0 Å². The highest BCUT2D eigenvalue weighted by Crippen LogP contribution is 2.23. The largest absolute Gasteiger partial charge is 0.459 e. The van der Waals surface area contributed by atoms with Gasteiger partial charge in [-0.05, 0) is 44.1 Å². The van der Waals surface area contributed by atoms with Crippen LogP contribution < -0.4 is 9.67 Å². The Hall–Kier alpha value is -2.29. The maximum atomic E-state index is 14.1. The van der Waals surface area contributed by atoms with Crippen LogP contribution in [0.15, 0.2) is 21.9 Å². The molecule has 0 amide bonds. The topological polar surface area (TPSA) is 65.6 Å². The van der Waals surface area contributed by atoms with E-state index in [4.69, 9.17) is 4.74 Å². The van der Waals surface area contributed by atoms with Crippen molar-refractivity contribution in [2.45, 2.75) is 45.9 Å². The third kappa shape index (κ3) is 3.55. The fourth-order valence-electron chi connectivity index (χ4n) is 2.58. The van der Waals surface area contributed by atoms with Crippen LogP contribution in [0.4, 0.5) is 14.5 Å². The van der Waals surface area contributed by atoms with Crippen LogP contribution in [0, 0.1) is 11.6 Å². The van der Waals surface area contributed by atoms with Gasteiger partial charge in [0.05, 0.1) is 11.7 Å². The molecule has 0 atom stereocenters. The maximum absolute atomic E-state index is 14.1. The van der Waals surface area contributed by atoms with Gasteiger partial charge < -0.3 is 4.74 Å². The lowest BCUT2D eigenvalue weighted by Crippen LogP contribution is -2.31. The van der Waals surface area contributed by atoms with Crippen LogP contribution in [0.1, 0.15) is 37.0 Å². The molecule has 0 unspecified atom stereocenters. The van der Waals surface area contributed by atoms with E-state index in [1.807, 2.05) is 0 Å². The molecule has 1 aromatic heterocycles. The molecule has 2 heterocycles. The molecule has 1 aliphatic heterocycles. The van der Waals surface area contributed by atoms with Crippen molar-refractivity contribution in [1.29, 1.82) is 0 Å². The second-order valence-corrected chi connectivity index (χ2v) is 6.87. The van der Waals surface area contributed by atoms with E-state index in [-0.39, 0.29) is 16.1 Å². The monoisotopic (exact) mass is 369 g/mol. The molecule has 134 valence electrons. The van der Waals surface area contributed by atoms with Crippen molar-refractivity contribution < 1.29 is 18.3 Å². The van der Waals surface area contributed by atoms with Crippen molar-refractivity contribution in [3.8, 4) is 0 Å². The van der Waals surface area contributed by atoms with Crippen molar-refractivity contribution in [3.05, 3.63) is 43.8 Å². The Morgan fingerprint density at radius 2 is 1.88 bits per heavy atom. The molecule has 9 heteroatoms. The summed E-state index contributed by atoms with van der Waals surface area (Å²) < 4.78 is 36.2. The number of carbonyl (C=O) groups is 1. The zero-order chi connectivity index (χ0) is 18.1. The van der Waals surface area contributed by atoms with Gasteiger partial charge in [0.25, 0.3) is 0 Å². The highest BCUT2D eigenvalue weighted by molar-refractivity contribution is 7.06. The summed E-state index contributed by atoms with van der Waals surface area (Å²) in [4.78, 5) is 28.2. The molecule has 0 saturated heterocycles. The van der Waals surface area contributed by atoms with Gasteiger partial charge in [0, 0.05) is 19.2 Å². The minimum atomic E-state index is -1.01. The van der Waals surface area contributed by atoms with Crippen LogP contribution in [0.2, 0.25) is 0 Å². The minimum Gasteiger partial charge on any atom is -0.459 e. The van der Waals surface area contributed by atoms with Crippen LogP contribution in [0.25, 0.3) is 0 Å². The summed E-state index contributed by atoms with van der Waals surface area (Å²) in [5, 5.41) is 0. The number of aromatic nitrogens is 2. The highest BCUT2D eigenvalue weighted by Gasteiger charge is 2.19. The quantitative estimate of drug-likeness (QED) is 0.781. The van der Waals surface area contributed by atoms with E-state index in [2.05, 4.69) is 4.99 Å². The number of fused-ring (bicyclic) bond motifs is 1. The fourth-order valence-corrected chi connectivity index (χ4v) is 3.47. The van der Waals surface area contributed by atoms with Crippen molar-refractivity contribution in [2.75, 3.05) is 0 Å². The Morgan fingerprint density at radius 3 is 2.56 bits per heavy atom. The maximum Gasteiger partial charge on any atom is 0.341 e. The molecule has 6 nitrogen and oxygen atoms in total. The molecule has 0 bridgehead atoms. The van der Waals surface area contributed by atoms with E-state index < -0.39 is 23.7 Å². The SMILES string of the molecule is CC(C)OC(=O)c1cc(/N=c2/sc(=O)n3n2CCCC3)c(F)cc1F. The van der Waals surface area contributed by atoms with E-state index in [0.717, 1.165) is 30.2 Å². The summed E-state index contributed by atoms with van der Waals surface area (Å²) in [7, 11) is 0. The molecule has 25 heavy (non-hydrogen) atoms. The highest BCUT2D eigenvalue weighted by atomic mass is 32.1. The summed E-state index contributed by atoms with van der Waals surface area (Å²) in [6.07, 6.45) is 1.35. The smallest absolute Gasteiger partial charge is 0.341 e. The van der Waals surface area contributed by atoms with Crippen molar-refractivity contribution >= 4 is 23.0 Å². The van der Waals surface area contributed by atoms with Gasteiger partial charge in [0.15, 0.2) is 5.82 Å². The molecule has 0 spiro atoms. The summed E-state index contributed by atoms with van der Waals surface area (Å²) in [6.45, 7) is 4.45. The van der Waals surface area contributed by atoms with Crippen LogP contribution in [0.3, 0.4) is 0 Å². The first-order valence-electron chi connectivity index (χ1n) is 7.92. The van der Waals surface area contributed by atoms with Gasteiger partial charge in [-0.25, -0.2) is 23.2 Å². The lowest BCUT2D eigenvalue weighted by molar-refractivity contribution is 0.0372.